The van der Waals surface area contributed by atoms with E-state index in [-0.39, 0.29) is 0 Å². The summed E-state index contributed by atoms with van der Waals surface area (Å²) in [6, 6.07) is 6.24. The number of benzene rings is 1. The van der Waals surface area contributed by atoms with E-state index < -0.39 is 0 Å². The highest BCUT2D eigenvalue weighted by Gasteiger charge is 2.37. The van der Waals surface area contributed by atoms with Gasteiger partial charge in [0, 0.05) is 24.9 Å². The maximum atomic E-state index is 12.0. The van der Waals surface area contributed by atoms with Crippen molar-refractivity contribution in [2.75, 3.05) is 6.54 Å². The van der Waals surface area contributed by atoms with E-state index in [1.807, 2.05) is 12.1 Å². The summed E-state index contributed by atoms with van der Waals surface area (Å²) in [5, 5.41) is 1.20. The number of carbonyl (C=O) groups excluding carboxylic acids is 1. The third-order valence-electron chi connectivity index (χ3n) is 4.38. The lowest BCUT2D eigenvalue weighted by molar-refractivity contribution is -0.138. The van der Waals surface area contributed by atoms with Crippen molar-refractivity contribution < 1.29 is 4.79 Å². The summed E-state index contributed by atoms with van der Waals surface area (Å²) in [6.45, 7) is 0.918. The highest BCUT2D eigenvalue weighted by atomic mass is 35.5. The number of nitrogens with zero attached hydrogens (tertiary/aromatic N) is 1. The van der Waals surface area contributed by atoms with Gasteiger partial charge in [-0.1, -0.05) is 29.3 Å². The van der Waals surface area contributed by atoms with E-state index in [9.17, 15) is 4.79 Å². The summed E-state index contributed by atoms with van der Waals surface area (Å²) < 4.78 is 0. The molecule has 0 aromatic heterocycles. The third-order valence-corrected chi connectivity index (χ3v) is 5.11. The van der Waals surface area contributed by atoms with Crippen LogP contribution in [0.4, 0.5) is 0 Å². The molecular weight excluding hydrogens is 281 g/mol. The quantitative estimate of drug-likeness (QED) is 0.759. The monoisotopic (exact) mass is 297 g/mol. The van der Waals surface area contributed by atoms with Gasteiger partial charge in [0.2, 0.25) is 5.91 Å². The van der Waals surface area contributed by atoms with Gasteiger partial charge in [-0.25, -0.2) is 0 Å². The minimum absolute atomic E-state index is 0.320. The molecule has 0 saturated carbocycles. The molecule has 102 valence electrons. The second-order valence-electron chi connectivity index (χ2n) is 5.47. The van der Waals surface area contributed by atoms with Crippen molar-refractivity contribution in [3.63, 3.8) is 0 Å². The fraction of sp³-hybridized carbons (Fsp3) is 0.533. The van der Waals surface area contributed by atoms with Gasteiger partial charge in [0.15, 0.2) is 0 Å². The van der Waals surface area contributed by atoms with Crippen LogP contribution >= 0.6 is 23.2 Å². The van der Waals surface area contributed by atoms with Crippen LogP contribution in [-0.2, 0) is 4.79 Å². The summed E-state index contributed by atoms with van der Waals surface area (Å²) >= 11 is 12.1. The molecule has 2 atom stereocenters. The molecule has 19 heavy (non-hydrogen) atoms. The summed E-state index contributed by atoms with van der Waals surface area (Å²) in [4.78, 5) is 14.1. The zero-order valence-electron chi connectivity index (χ0n) is 10.7. The lowest BCUT2D eigenvalue weighted by Gasteiger charge is -2.44. The van der Waals surface area contributed by atoms with Gasteiger partial charge in [0.1, 0.15) is 0 Å². The Morgan fingerprint density at radius 1 is 1.11 bits per heavy atom. The molecule has 1 aromatic rings. The number of carbonyl (C=O) groups is 1. The lowest BCUT2D eigenvalue weighted by Crippen LogP contribution is -2.50. The Morgan fingerprint density at radius 3 is 2.74 bits per heavy atom. The van der Waals surface area contributed by atoms with E-state index >= 15 is 0 Å². The van der Waals surface area contributed by atoms with Gasteiger partial charge in [0.25, 0.3) is 0 Å². The molecule has 0 N–H and O–H groups in total. The molecule has 0 radical (unpaired) electrons. The number of hydrogen-bond donors (Lipinski definition) is 0. The van der Waals surface area contributed by atoms with E-state index in [1.165, 1.54) is 12.0 Å². The van der Waals surface area contributed by atoms with Crippen LogP contribution in [-0.4, -0.2) is 23.4 Å². The average molecular weight is 298 g/mol. The molecule has 0 bridgehead atoms. The van der Waals surface area contributed by atoms with Crippen LogP contribution < -0.4 is 0 Å². The minimum atomic E-state index is 0.320. The Balaban J connectivity index is 1.90. The van der Waals surface area contributed by atoms with E-state index in [2.05, 4.69) is 11.0 Å². The van der Waals surface area contributed by atoms with Crippen LogP contribution in [0.2, 0.25) is 10.0 Å². The first-order chi connectivity index (χ1) is 9.16. The molecule has 2 heterocycles. The molecule has 2 aliphatic rings. The van der Waals surface area contributed by atoms with Gasteiger partial charge >= 0.3 is 0 Å². The predicted molar refractivity (Wildman–Crippen MR) is 77.8 cm³/mol. The Morgan fingerprint density at radius 2 is 1.95 bits per heavy atom. The third kappa shape index (κ3) is 2.48. The SMILES string of the molecule is O=C1CC[C@@H](c2ccc(Cl)c(Cl)c2)[C@H]2CCCCN12. The number of piperidine rings is 2. The summed E-state index contributed by atoms with van der Waals surface area (Å²) in [5.41, 5.74) is 1.22. The van der Waals surface area contributed by atoms with E-state index in [0.717, 1.165) is 25.8 Å². The van der Waals surface area contributed by atoms with Crippen LogP contribution in [0.3, 0.4) is 0 Å². The maximum absolute atomic E-state index is 12.0. The van der Waals surface area contributed by atoms with E-state index in [0.29, 0.717) is 34.3 Å². The van der Waals surface area contributed by atoms with Crippen molar-refractivity contribution >= 4 is 29.1 Å². The van der Waals surface area contributed by atoms with E-state index in [1.54, 1.807) is 0 Å². The molecule has 4 heteroatoms. The second kappa shape index (κ2) is 5.34. The van der Waals surface area contributed by atoms with Gasteiger partial charge < -0.3 is 4.90 Å². The number of amides is 1. The standard InChI is InChI=1S/C15H17Cl2NO/c16-12-6-4-10(9-13(12)17)11-5-7-15(19)18-8-2-1-3-14(11)18/h4,6,9,11,14H,1-3,5,7-8H2/t11-,14+/m0/s1. The number of hydrogen-bond acceptors (Lipinski definition) is 1. The molecule has 1 amide bonds. The number of rotatable bonds is 1. The van der Waals surface area contributed by atoms with Crippen LogP contribution in [0.1, 0.15) is 43.6 Å². The summed E-state index contributed by atoms with van der Waals surface area (Å²) in [5.74, 6) is 0.730. The van der Waals surface area contributed by atoms with Gasteiger partial charge in [-0.3, -0.25) is 4.79 Å². The van der Waals surface area contributed by atoms with Gasteiger partial charge in [0.05, 0.1) is 10.0 Å². The Hall–Kier alpha value is -0.730. The largest absolute Gasteiger partial charge is 0.339 e. The normalized spacial score (nSPS) is 27.3. The molecule has 2 fully saturated rings. The lowest BCUT2D eigenvalue weighted by atomic mass is 9.79. The van der Waals surface area contributed by atoms with Crippen molar-refractivity contribution in [1.29, 1.82) is 0 Å². The van der Waals surface area contributed by atoms with Crippen molar-refractivity contribution in [3.8, 4) is 0 Å². The fourth-order valence-corrected chi connectivity index (χ4v) is 3.74. The van der Waals surface area contributed by atoms with Crippen LogP contribution in [0.15, 0.2) is 18.2 Å². The van der Waals surface area contributed by atoms with Crippen LogP contribution in [0, 0.1) is 0 Å². The topological polar surface area (TPSA) is 20.3 Å². The first kappa shape index (κ1) is 13.3. The zero-order chi connectivity index (χ0) is 13.4. The first-order valence-electron chi connectivity index (χ1n) is 6.91. The van der Waals surface area contributed by atoms with Gasteiger partial charge in [-0.15, -0.1) is 0 Å². The van der Waals surface area contributed by atoms with Crippen LogP contribution in [0.5, 0.6) is 0 Å². The highest BCUT2D eigenvalue weighted by Crippen LogP contribution is 2.39. The highest BCUT2D eigenvalue weighted by molar-refractivity contribution is 6.42. The van der Waals surface area contributed by atoms with Gasteiger partial charge in [-0.2, -0.15) is 0 Å². The molecule has 3 rings (SSSR count). The minimum Gasteiger partial charge on any atom is -0.339 e. The van der Waals surface area contributed by atoms with Crippen molar-refractivity contribution in [3.05, 3.63) is 33.8 Å². The zero-order valence-corrected chi connectivity index (χ0v) is 12.3. The molecular formula is C15H17Cl2NO. The molecule has 2 aliphatic heterocycles. The number of fused-ring (bicyclic) bond motifs is 1. The maximum Gasteiger partial charge on any atom is 0.222 e. The Kier molecular flexibility index (Phi) is 3.72. The summed E-state index contributed by atoms with van der Waals surface area (Å²) in [7, 11) is 0. The first-order valence-corrected chi connectivity index (χ1v) is 7.67. The molecule has 2 nitrogen and oxygen atoms in total. The Bertz CT molecular complexity index is 503. The Labute approximate surface area is 123 Å². The van der Waals surface area contributed by atoms with Crippen LogP contribution in [0.25, 0.3) is 0 Å². The van der Waals surface area contributed by atoms with Crippen molar-refractivity contribution in [2.45, 2.75) is 44.1 Å². The van der Waals surface area contributed by atoms with Crippen molar-refractivity contribution in [2.24, 2.45) is 0 Å². The molecule has 0 unspecified atom stereocenters. The smallest absolute Gasteiger partial charge is 0.222 e. The molecule has 0 aliphatic carbocycles. The summed E-state index contributed by atoms with van der Waals surface area (Å²) in [6.07, 6.45) is 5.04. The van der Waals surface area contributed by atoms with Gasteiger partial charge in [-0.05, 0) is 43.4 Å². The fourth-order valence-electron chi connectivity index (χ4n) is 3.43. The molecule has 1 aromatic carbocycles. The molecule has 2 saturated heterocycles. The van der Waals surface area contributed by atoms with Crippen molar-refractivity contribution in [1.82, 2.24) is 4.90 Å². The van der Waals surface area contributed by atoms with E-state index in [4.69, 9.17) is 23.2 Å². The second-order valence-corrected chi connectivity index (χ2v) is 6.28. The predicted octanol–water partition coefficient (Wildman–Crippen LogP) is 4.25. The molecule has 0 spiro atoms. The number of halogens is 2. The average Bonchev–Trinajstić information content (AvgIpc) is 2.43.